The summed E-state index contributed by atoms with van der Waals surface area (Å²) in [7, 11) is -1.96. The standard InChI is InChI=1S/C7H12N2.C7H8O3S/c1-3-4-9-6-5-8(2)7-9;1-6-2-4-7(5-3-6)11(8,9)10/h3,5-6H,1,4,7H2,2H3;2-5H,1H3,(H,8,9,10). The van der Waals surface area contributed by atoms with Crippen LogP contribution < -0.4 is 0 Å². The first kappa shape index (κ1) is 16.3. The van der Waals surface area contributed by atoms with Crippen molar-refractivity contribution < 1.29 is 13.0 Å². The second-order valence-corrected chi connectivity index (χ2v) is 5.97. The maximum Gasteiger partial charge on any atom is 0.294 e. The topological polar surface area (TPSA) is 60.9 Å². The van der Waals surface area contributed by atoms with Gasteiger partial charge in [-0.2, -0.15) is 8.42 Å². The molecule has 0 atom stereocenters. The molecule has 0 bridgehead atoms. The highest BCUT2D eigenvalue weighted by molar-refractivity contribution is 7.85. The molecule has 0 saturated heterocycles. The summed E-state index contributed by atoms with van der Waals surface area (Å²) in [6, 6.07) is 5.99. The van der Waals surface area contributed by atoms with E-state index in [0.717, 1.165) is 18.8 Å². The molecule has 0 spiro atoms. The van der Waals surface area contributed by atoms with Crippen LogP contribution in [0.1, 0.15) is 5.56 Å². The van der Waals surface area contributed by atoms with Crippen LogP contribution in [-0.2, 0) is 10.1 Å². The van der Waals surface area contributed by atoms with E-state index in [2.05, 4.69) is 35.8 Å². The Morgan fingerprint density at radius 2 is 1.90 bits per heavy atom. The van der Waals surface area contributed by atoms with Crippen LogP contribution in [0.25, 0.3) is 0 Å². The van der Waals surface area contributed by atoms with Crippen molar-refractivity contribution in [2.24, 2.45) is 0 Å². The molecular weight excluding hydrogens is 276 g/mol. The normalized spacial score (nSPS) is 13.9. The number of rotatable bonds is 3. The smallest absolute Gasteiger partial charge is 0.294 e. The van der Waals surface area contributed by atoms with Crippen LogP contribution in [0, 0.1) is 6.92 Å². The number of hydrogen-bond acceptors (Lipinski definition) is 4. The number of benzene rings is 1. The fraction of sp³-hybridized carbons (Fsp3) is 0.286. The third-order valence-electron chi connectivity index (χ3n) is 2.62. The summed E-state index contributed by atoms with van der Waals surface area (Å²) >= 11 is 0. The summed E-state index contributed by atoms with van der Waals surface area (Å²) in [5, 5.41) is 0. The SMILES string of the molecule is C=CCN1C=CN(C)C1.Cc1ccc(S(=O)(=O)O)cc1. The molecule has 5 nitrogen and oxygen atoms in total. The quantitative estimate of drug-likeness (QED) is 0.683. The van der Waals surface area contributed by atoms with Crippen molar-refractivity contribution in [2.45, 2.75) is 11.8 Å². The molecule has 0 aliphatic carbocycles. The van der Waals surface area contributed by atoms with E-state index in [1.54, 1.807) is 12.1 Å². The Bertz CT molecular complexity index is 565. The molecule has 1 aliphatic heterocycles. The highest BCUT2D eigenvalue weighted by Gasteiger charge is 2.06. The minimum atomic E-state index is -4.02. The van der Waals surface area contributed by atoms with Crippen molar-refractivity contribution in [1.82, 2.24) is 9.80 Å². The molecule has 20 heavy (non-hydrogen) atoms. The van der Waals surface area contributed by atoms with Crippen molar-refractivity contribution in [1.29, 1.82) is 0 Å². The van der Waals surface area contributed by atoms with Gasteiger partial charge in [-0.05, 0) is 19.1 Å². The molecule has 6 heteroatoms. The van der Waals surface area contributed by atoms with Crippen LogP contribution in [0.4, 0.5) is 0 Å². The van der Waals surface area contributed by atoms with Gasteiger partial charge in [-0.1, -0.05) is 23.8 Å². The molecule has 0 fully saturated rings. The van der Waals surface area contributed by atoms with Crippen molar-refractivity contribution in [3.63, 3.8) is 0 Å². The minimum absolute atomic E-state index is 0.0666. The molecule has 0 saturated carbocycles. The zero-order chi connectivity index (χ0) is 15.2. The molecule has 2 rings (SSSR count). The highest BCUT2D eigenvalue weighted by atomic mass is 32.2. The van der Waals surface area contributed by atoms with Gasteiger partial charge in [0.25, 0.3) is 10.1 Å². The van der Waals surface area contributed by atoms with Gasteiger partial charge in [0.05, 0.1) is 11.6 Å². The molecule has 1 aromatic carbocycles. The van der Waals surface area contributed by atoms with E-state index in [-0.39, 0.29) is 4.90 Å². The predicted octanol–water partition coefficient (Wildman–Crippen LogP) is 2.09. The number of aryl methyl sites for hydroxylation is 1. The maximum atomic E-state index is 10.5. The number of nitrogens with zero attached hydrogens (tertiary/aromatic N) is 2. The van der Waals surface area contributed by atoms with Crippen LogP contribution >= 0.6 is 0 Å². The van der Waals surface area contributed by atoms with Crippen LogP contribution in [0.15, 0.2) is 54.2 Å². The van der Waals surface area contributed by atoms with E-state index in [1.165, 1.54) is 12.1 Å². The Hall–Kier alpha value is -1.79. The fourth-order valence-corrected chi connectivity index (χ4v) is 2.06. The molecule has 0 amide bonds. The second kappa shape index (κ2) is 7.12. The molecule has 0 radical (unpaired) electrons. The Morgan fingerprint density at radius 3 is 2.30 bits per heavy atom. The minimum Gasteiger partial charge on any atom is -0.362 e. The van der Waals surface area contributed by atoms with E-state index in [1.807, 2.05) is 13.0 Å². The van der Waals surface area contributed by atoms with Gasteiger partial charge < -0.3 is 9.80 Å². The van der Waals surface area contributed by atoms with Gasteiger partial charge in [0, 0.05) is 26.0 Å². The lowest BCUT2D eigenvalue weighted by Crippen LogP contribution is -2.21. The van der Waals surface area contributed by atoms with Crippen LogP contribution in [0.5, 0.6) is 0 Å². The average molecular weight is 296 g/mol. The molecular formula is C14H20N2O3S. The molecule has 0 unspecified atom stereocenters. The van der Waals surface area contributed by atoms with E-state index in [0.29, 0.717) is 0 Å². The van der Waals surface area contributed by atoms with Crippen molar-refractivity contribution in [3.05, 3.63) is 54.9 Å². The highest BCUT2D eigenvalue weighted by Crippen LogP contribution is 2.08. The van der Waals surface area contributed by atoms with Crippen molar-refractivity contribution >= 4 is 10.1 Å². The van der Waals surface area contributed by atoms with E-state index in [9.17, 15) is 8.42 Å². The zero-order valence-corrected chi connectivity index (χ0v) is 12.5. The lowest BCUT2D eigenvalue weighted by molar-refractivity contribution is 0.318. The van der Waals surface area contributed by atoms with Gasteiger partial charge in [-0.3, -0.25) is 4.55 Å². The summed E-state index contributed by atoms with van der Waals surface area (Å²) < 4.78 is 29.6. The first-order valence-corrected chi connectivity index (χ1v) is 7.54. The van der Waals surface area contributed by atoms with Crippen LogP contribution in [0.2, 0.25) is 0 Å². The van der Waals surface area contributed by atoms with Crippen LogP contribution in [-0.4, -0.2) is 43.0 Å². The molecule has 1 heterocycles. The van der Waals surface area contributed by atoms with Gasteiger partial charge in [0.1, 0.15) is 0 Å². The summed E-state index contributed by atoms with van der Waals surface area (Å²) in [5.74, 6) is 0. The zero-order valence-electron chi connectivity index (χ0n) is 11.7. The maximum absolute atomic E-state index is 10.5. The first-order valence-electron chi connectivity index (χ1n) is 6.10. The van der Waals surface area contributed by atoms with E-state index >= 15 is 0 Å². The third-order valence-corrected chi connectivity index (χ3v) is 3.49. The first-order chi connectivity index (χ1) is 9.32. The Kier molecular flexibility index (Phi) is 5.79. The molecule has 1 N–H and O–H groups in total. The van der Waals surface area contributed by atoms with E-state index in [4.69, 9.17) is 4.55 Å². The predicted molar refractivity (Wildman–Crippen MR) is 79.7 cm³/mol. The molecule has 110 valence electrons. The van der Waals surface area contributed by atoms with Crippen LogP contribution in [0.3, 0.4) is 0 Å². The summed E-state index contributed by atoms with van der Waals surface area (Å²) in [5.41, 5.74) is 0.956. The van der Waals surface area contributed by atoms with Crippen molar-refractivity contribution in [2.75, 3.05) is 20.3 Å². The van der Waals surface area contributed by atoms with Crippen molar-refractivity contribution in [3.8, 4) is 0 Å². The summed E-state index contributed by atoms with van der Waals surface area (Å²) in [6.07, 6.45) is 6.04. The molecule has 1 aliphatic rings. The lowest BCUT2D eigenvalue weighted by Gasteiger charge is -2.15. The average Bonchev–Trinajstić information content (AvgIpc) is 2.76. The van der Waals surface area contributed by atoms with E-state index < -0.39 is 10.1 Å². The third kappa shape index (κ3) is 5.46. The summed E-state index contributed by atoms with van der Waals surface area (Å²) in [4.78, 5) is 4.25. The fourth-order valence-electron chi connectivity index (χ4n) is 1.58. The summed E-state index contributed by atoms with van der Waals surface area (Å²) in [6.45, 7) is 7.43. The second-order valence-electron chi connectivity index (χ2n) is 4.54. The van der Waals surface area contributed by atoms with Gasteiger partial charge in [0.2, 0.25) is 0 Å². The van der Waals surface area contributed by atoms with Gasteiger partial charge >= 0.3 is 0 Å². The lowest BCUT2D eigenvalue weighted by atomic mass is 10.2. The van der Waals surface area contributed by atoms with Gasteiger partial charge in [0.15, 0.2) is 0 Å². The Morgan fingerprint density at radius 1 is 1.30 bits per heavy atom. The molecule has 1 aromatic rings. The Balaban J connectivity index is 0.000000204. The monoisotopic (exact) mass is 296 g/mol. The van der Waals surface area contributed by atoms with Gasteiger partial charge in [-0.15, -0.1) is 6.58 Å². The Labute approximate surface area is 120 Å². The number of hydrogen-bond donors (Lipinski definition) is 1. The van der Waals surface area contributed by atoms with Gasteiger partial charge in [-0.25, -0.2) is 0 Å². The molecule has 0 aromatic heterocycles. The largest absolute Gasteiger partial charge is 0.362 e.